The van der Waals surface area contributed by atoms with Gasteiger partial charge in [-0.25, -0.2) is 0 Å². The van der Waals surface area contributed by atoms with Crippen LogP contribution in [0.25, 0.3) is 11.4 Å². The number of amides is 1. The average molecular weight is 354 g/mol. The maximum Gasteiger partial charge on any atom is 0.258 e. The Kier molecular flexibility index (Phi) is 5.02. The SMILES string of the molecule is COc1ccc(C(=O)Nc2n[nH]c(-c3ccccc3OC)n2)cc1OC. The number of para-hydroxylation sites is 1. The van der Waals surface area contributed by atoms with E-state index in [0.717, 1.165) is 5.56 Å². The number of hydrogen-bond donors (Lipinski definition) is 2. The molecule has 0 aliphatic carbocycles. The van der Waals surface area contributed by atoms with Crippen LogP contribution in [-0.4, -0.2) is 42.4 Å². The van der Waals surface area contributed by atoms with Gasteiger partial charge in [-0.3, -0.25) is 15.2 Å². The summed E-state index contributed by atoms with van der Waals surface area (Å²) in [5.41, 5.74) is 1.14. The highest BCUT2D eigenvalue weighted by atomic mass is 16.5. The van der Waals surface area contributed by atoms with Gasteiger partial charge in [0.15, 0.2) is 17.3 Å². The maximum absolute atomic E-state index is 12.4. The summed E-state index contributed by atoms with van der Waals surface area (Å²) in [5.74, 6) is 1.94. The maximum atomic E-state index is 12.4. The summed E-state index contributed by atoms with van der Waals surface area (Å²) in [7, 11) is 4.62. The highest BCUT2D eigenvalue weighted by molar-refractivity contribution is 6.03. The Morgan fingerprint density at radius 1 is 0.962 bits per heavy atom. The van der Waals surface area contributed by atoms with Crippen molar-refractivity contribution in [1.82, 2.24) is 15.2 Å². The number of methoxy groups -OCH3 is 3. The van der Waals surface area contributed by atoms with Crippen LogP contribution in [0.3, 0.4) is 0 Å². The third-order valence-electron chi connectivity index (χ3n) is 3.72. The Labute approximate surface area is 150 Å². The minimum atomic E-state index is -0.364. The summed E-state index contributed by atoms with van der Waals surface area (Å²) in [6.45, 7) is 0. The van der Waals surface area contributed by atoms with Crippen LogP contribution in [-0.2, 0) is 0 Å². The highest BCUT2D eigenvalue weighted by Gasteiger charge is 2.15. The van der Waals surface area contributed by atoms with Crippen molar-refractivity contribution in [3.8, 4) is 28.6 Å². The predicted molar refractivity (Wildman–Crippen MR) is 95.9 cm³/mol. The number of nitrogens with one attached hydrogen (secondary N) is 2. The largest absolute Gasteiger partial charge is 0.496 e. The molecule has 0 unspecified atom stereocenters. The predicted octanol–water partition coefficient (Wildman–Crippen LogP) is 2.75. The van der Waals surface area contributed by atoms with Gasteiger partial charge in [-0.1, -0.05) is 12.1 Å². The Balaban J connectivity index is 1.80. The normalized spacial score (nSPS) is 10.3. The van der Waals surface area contributed by atoms with Crippen molar-refractivity contribution in [3.05, 3.63) is 48.0 Å². The molecule has 0 aliphatic rings. The Morgan fingerprint density at radius 2 is 1.69 bits per heavy atom. The molecule has 0 radical (unpaired) electrons. The fourth-order valence-electron chi connectivity index (χ4n) is 2.43. The molecule has 0 spiro atoms. The topological polar surface area (TPSA) is 98.4 Å². The zero-order chi connectivity index (χ0) is 18.5. The fourth-order valence-corrected chi connectivity index (χ4v) is 2.43. The summed E-state index contributed by atoms with van der Waals surface area (Å²) in [4.78, 5) is 16.7. The summed E-state index contributed by atoms with van der Waals surface area (Å²) in [6, 6.07) is 12.3. The second kappa shape index (κ2) is 7.56. The molecule has 3 rings (SSSR count). The highest BCUT2D eigenvalue weighted by Crippen LogP contribution is 2.29. The number of anilines is 1. The van der Waals surface area contributed by atoms with E-state index < -0.39 is 0 Å². The number of aromatic amines is 1. The molecule has 0 atom stereocenters. The Morgan fingerprint density at radius 3 is 2.42 bits per heavy atom. The minimum absolute atomic E-state index is 0.158. The standard InChI is InChI=1S/C18H18N4O4/c1-24-13-7-5-4-6-12(13)16-19-18(22-21-16)20-17(23)11-8-9-14(25-2)15(10-11)26-3/h4-10H,1-3H3,(H2,19,20,21,22,23). The average Bonchev–Trinajstić information content (AvgIpc) is 3.15. The third kappa shape index (κ3) is 3.44. The first-order valence-corrected chi connectivity index (χ1v) is 7.75. The minimum Gasteiger partial charge on any atom is -0.496 e. The number of aromatic nitrogens is 3. The lowest BCUT2D eigenvalue weighted by molar-refractivity contribution is 0.102. The van der Waals surface area contributed by atoms with Gasteiger partial charge in [0.05, 0.1) is 26.9 Å². The lowest BCUT2D eigenvalue weighted by Crippen LogP contribution is -2.13. The van der Waals surface area contributed by atoms with Crippen molar-refractivity contribution in [2.75, 3.05) is 26.6 Å². The van der Waals surface area contributed by atoms with Crippen LogP contribution in [0.5, 0.6) is 17.2 Å². The second-order valence-electron chi connectivity index (χ2n) is 5.23. The van der Waals surface area contributed by atoms with Gasteiger partial charge in [0.1, 0.15) is 5.75 Å². The van der Waals surface area contributed by atoms with Crippen molar-refractivity contribution in [1.29, 1.82) is 0 Å². The van der Waals surface area contributed by atoms with Crippen molar-refractivity contribution in [3.63, 3.8) is 0 Å². The molecule has 3 aromatic rings. The van der Waals surface area contributed by atoms with Gasteiger partial charge >= 0.3 is 0 Å². The van der Waals surface area contributed by atoms with Crippen LogP contribution in [0.1, 0.15) is 10.4 Å². The van der Waals surface area contributed by atoms with E-state index in [4.69, 9.17) is 14.2 Å². The van der Waals surface area contributed by atoms with Crippen LogP contribution in [0.2, 0.25) is 0 Å². The van der Waals surface area contributed by atoms with E-state index in [1.165, 1.54) is 14.2 Å². The van der Waals surface area contributed by atoms with E-state index in [-0.39, 0.29) is 11.9 Å². The smallest absolute Gasteiger partial charge is 0.258 e. The quantitative estimate of drug-likeness (QED) is 0.706. The molecular formula is C18H18N4O4. The number of carbonyl (C=O) groups excluding carboxylic acids is 1. The van der Waals surface area contributed by atoms with Crippen LogP contribution < -0.4 is 19.5 Å². The number of benzene rings is 2. The van der Waals surface area contributed by atoms with Crippen LogP contribution >= 0.6 is 0 Å². The summed E-state index contributed by atoms with van der Waals surface area (Å²) in [5, 5.41) is 9.47. The number of hydrogen-bond acceptors (Lipinski definition) is 6. The molecule has 0 fully saturated rings. The third-order valence-corrected chi connectivity index (χ3v) is 3.72. The fraction of sp³-hybridized carbons (Fsp3) is 0.167. The van der Waals surface area contributed by atoms with Crippen molar-refractivity contribution >= 4 is 11.9 Å². The van der Waals surface area contributed by atoms with Crippen LogP contribution in [0.15, 0.2) is 42.5 Å². The molecule has 0 saturated carbocycles. The van der Waals surface area contributed by atoms with E-state index in [1.54, 1.807) is 25.3 Å². The van der Waals surface area contributed by atoms with Crippen LogP contribution in [0, 0.1) is 0 Å². The van der Waals surface area contributed by atoms with Gasteiger partial charge in [-0.15, -0.1) is 5.10 Å². The zero-order valence-corrected chi connectivity index (χ0v) is 14.6. The molecule has 1 aromatic heterocycles. The molecule has 8 nitrogen and oxygen atoms in total. The molecule has 2 aromatic carbocycles. The first-order valence-electron chi connectivity index (χ1n) is 7.75. The van der Waals surface area contributed by atoms with E-state index in [1.807, 2.05) is 24.3 Å². The number of nitrogens with zero attached hydrogens (tertiary/aromatic N) is 2. The molecule has 0 bridgehead atoms. The van der Waals surface area contributed by atoms with Gasteiger partial charge in [0, 0.05) is 5.56 Å². The van der Waals surface area contributed by atoms with Gasteiger partial charge in [0.25, 0.3) is 5.91 Å². The Hall–Kier alpha value is -3.55. The van der Waals surface area contributed by atoms with Crippen molar-refractivity contribution in [2.24, 2.45) is 0 Å². The lowest BCUT2D eigenvalue weighted by atomic mass is 10.2. The van der Waals surface area contributed by atoms with Gasteiger partial charge < -0.3 is 14.2 Å². The monoisotopic (exact) mass is 354 g/mol. The summed E-state index contributed by atoms with van der Waals surface area (Å²) < 4.78 is 15.7. The number of carbonyl (C=O) groups is 1. The number of H-pyrrole nitrogens is 1. The van der Waals surface area contributed by atoms with Gasteiger partial charge in [-0.2, -0.15) is 4.98 Å². The summed E-state index contributed by atoms with van der Waals surface area (Å²) >= 11 is 0. The van der Waals surface area contributed by atoms with E-state index in [2.05, 4.69) is 20.5 Å². The molecule has 26 heavy (non-hydrogen) atoms. The van der Waals surface area contributed by atoms with E-state index >= 15 is 0 Å². The Bertz CT molecular complexity index is 923. The first-order chi connectivity index (χ1) is 12.7. The van der Waals surface area contributed by atoms with E-state index in [0.29, 0.717) is 28.6 Å². The number of rotatable bonds is 6. The van der Waals surface area contributed by atoms with E-state index in [9.17, 15) is 4.79 Å². The molecule has 0 aliphatic heterocycles. The van der Waals surface area contributed by atoms with Gasteiger partial charge in [0.2, 0.25) is 5.95 Å². The first kappa shape index (κ1) is 17.3. The molecule has 1 heterocycles. The molecule has 8 heteroatoms. The second-order valence-corrected chi connectivity index (χ2v) is 5.23. The van der Waals surface area contributed by atoms with Gasteiger partial charge in [-0.05, 0) is 30.3 Å². The molecule has 1 amide bonds. The zero-order valence-electron chi connectivity index (χ0n) is 14.6. The molecule has 134 valence electrons. The van der Waals surface area contributed by atoms with Crippen molar-refractivity contribution < 1.29 is 19.0 Å². The summed E-state index contributed by atoms with van der Waals surface area (Å²) in [6.07, 6.45) is 0. The molecular weight excluding hydrogens is 336 g/mol. The molecule has 0 saturated heterocycles. The molecule has 2 N–H and O–H groups in total. The van der Waals surface area contributed by atoms with Crippen LogP contribution in [0.4, 0.5) is 5.95 Å². The lowest BCUT2D eigenvalue weighted by Gasteiger charge is -2.08. The van der Waals surface area contributed by atoms with Crippen molar-refractivity contribution in [2.45, 2.75) is 0 Å². The number of ether oxygens (including phenoxy) is 3.